The number of amides is 1. The zero-order valence-corrected chi connectivity index (χ0v) is 11.3. The molecule has 1 heterocycles. The molecule has 0 spiro atoms. The van der Waals surface area contributed by atoms with Crippen molar-refractivity contribution in [3.63, 3.8) is 0 Å². The number of aryl methyl sites for hydroxylation is 1. The van der Waals surface area contributed by atoms with Gasteiger partial charge in [0.25, 0.3) is 0 Å². The van der Waals surface area contributed by atoms with Crippen LogP contribution < -0.4 is 4.74 Å². The smallest absolute Gasteiger partial charge is 0.249 e. The van der Waals surface area contributed by atoms with E-state index in [0.717, 1.165) is 5.56 Å². The Balaban J connectivity index is 2.30. The minimum Gasteiger partial charge on any atom is -0.472 e. The summed E-state index contributed by atoms with van der Waals surface area (Å²) in [7, 11) is 0. The fourth-order valence-corrected chi connectivity index (χ4v) is 1.95. The van der Waals surface area contributed by atoms with E-state index in [9.17, 15) is 4.79 Å². The maximum absolute atomic E-state index is 11.8. The average Bonchev–Trinajstić information content (AvgIpc) is 2.90. The molecule has 0 aliphatic heterocycles. The Labute approximate surface area is 120 Å². The Hall–Kier alpha value is -2.99. The number of hydrogen-bond acceptors (Lipinski definition) is 4. The molecule has 108 valence electrons. The van der Waals surface area contributed by atoms with E-state index < -0.39 is 5.91 Å². The van der Waals surface area contributed by atoms with E-state index in [-0.39, 0.29) is 12.5 Å². The number of carbonyl (C=O) groups is 1. The summed E-state index contributed by atoms with van der Waals surface area (Å²) in [4.78, 5) is 15.0. The van der Waals surface area contributed by atoms with Crippen LogP contribution in [0.25, 0.3) is 10.4 Å². The van der Waals surface area contributed by atoms with Gasteiger partial charge in [0.1, 0.15) is 6.61 Å². The first kappa shape index (κ1) is 14.4. The van der Waals surface area contributed by atoms with Gasteiger partial charge in [-0.05, 0) is 22.6 Å². The summed E-state index contributed by atoms with van der Waals surface area (Å²) in [6.07, 6.45) is 2.03. The Kier molecular flexibility index (Phi) is 4.43. The summed E-state index contributed by atoms with van der Waals surface area (Å²) in [6.45, 7) is 2.03. The van der Waals surface area contributed by atoms with E-state index >= 15 is 0 Å². The number of hydrogen-bond donors (Lipinski definition) is 1. The standard InChI is InChI=1S/C13H13N5O3/c1-2-9-4-3-5-10(13(19)15-17-14)11(9)8-21-12-6-7-18(20)16-12/h3-7,20H,2,8H2,1H3. The van der Waals surface area contributed by atoms with Crippen LogP contribution in [-0.4, -0.2) is 21.1 Å². The quantitative estimate of drug-likeness (QED) is 0.394. The highest BCUT2D eigenvalue weighted by Crippen LogP contribution is 2.19. The van der Waals surface area contributed by atoms with Gasteiger partial charge < -0.3 is 9.94 Å². The summed E-state index contributed by atoms with van der Waals surface area (Å²) in [5, 5.41) is 15.9. The van der Waals surface area contributed by atoms with Crippen LogP contribution in [0.3, 0.4) is 0 Å². The molecular formula is C13H13N5O3. The fraction of sp³-hybridized carbons (Fsp3) is 0.231. The summed E-state index contributed by atoms with van der Waals surface area (Å²) in [5.74, 6) is -0.426. The van der Waals surface area contributed by atoms with Crippen molar-refractivity contribution in [1.82, 2.24) is 9.94 Å². The van der Waals surface area contributed by atoms with E-state index in [0.29, 0.717) is 22.4 Å². The Bertz CT molecular complexity index is 704. The third-order valence-electron chi connectivity index (χ3n) is 2.94. The molecule has 1 aromatic carbocycles. The monoisotopic (exact) mass is 287 g/mol. The lowest BCUT2D eigenvalue weighted by Crippen LogP contribution is -2.08. The highest BCUT2D eigenvalue weighted by Gasteiger charge is 2.14. The predicted octanol–water partition coefficient (Wildman–Crippen LogP) is 2.71. The normalized spacial score (nSPS) is 9.95. The first-order valence-corrected chi connectivity index (χ1v) is 6.23. The van der Waals surface area contributed by atoms with Gasteiger partial charge in [-0.2, -0.15) is 0 Å². The van der Waals surface area contributed by atoms with E-state index in [1.54, 1.807) is 12.1 Å². The summed E-state index contributed by atoms with van der Waals surface area (Å²) in [5.41, 5.74) is 10.3. The molecule has 1 N–H and O–H groups in total. The number of benzene rings is 1. The number of nitrogens with zero attached hydrogens (tertiary/aromatic N) is 5. The van der Waals surface area contributed by atoms with E-state index in [2.05, 4.69) is 15.1 Å². The van der Waals surface area contributed by atoms with Gasteiger partial charge in [-0.1, -0.05) is 30.2 Å². The van der Waals surface area contributed by atoms with Crippen LogP contribution in [0.4, 0.5) is 0 Å². The van der Waals surface area contributed by atoms with Crippen LogP contribution in [0.2, 0.25) is 0 Å². The molecular weight excluding hydrogens is 274 g/mol. The minimum atomic E-state index is -0.654. The first-order chi connectivity index (χ1) is 10.2. The van der Waals surface area contributed by atoms with Crippen LogP contribution in [0.15, 0.2) is 35.6 Å². The van der Waals surface area contributed by atoms with Gasteiger partial charge in [-0.25, -0.2) is 0 Å². The number of ether oxygens (including phenoxy) is 1. The summed E-state index contributed by atoms with van der Waals surface area (Å²) >= 11 is 0. The van der Waals surface area contributed by atoms with Crippen LogP contribution >= 0.6 is 0 Å². The molecule has 0 aliphatic rings. The van der Waals surface area contributed by atoms with Crippen molar-refractivity contribution < 1.29 is 14.7 Å². The summed E-state index contributed by atoms with van der Waals surface area (Å²) < 4.78 is 5.45. The second-order valence-corrected chi connectivity index (χ2v) is 4.15. The zero-order valence-electron chi connectivity index (χ0n) is 11.3. The zero-order chi connectivity index (χ0) is 15.2. The van der Waals surface area contributed by atoms with E-state index in [4.69, 9.17) is 15.5 Å². The maximum atomic E-state index is 11.8. The third-order valence-corrected chi connectivity index (χ3v) is 2.94. The molecule has 8 heteroatoms. The minimum absolute atomic E-state index is 0.0864. The molecule has 1 amide bonds. The maximum Gasteiger partial charge on any atom is 0.249 e. The Morgan fingerprint density at radius 3 is 2.95 bits per heavy atom. The van der Waals surface area contributed by atoms with Crippen LogP contribution in [0.1, 0.15) is 28.4 Å². The Morgan fingerprint density at radius 1 is 1.52 bits per heavy atom. The molecule has 0 bridgehead atoms. The number of rotatable bonds is 5. The topological polar surface area (TPSA) is 113 Å². The van der Waals surface area contributed by atoms with E-state index in [1.165, 1.54) is 12.3 Å². The lowest BCUT2D eigenvalue weighted by atomic mass is 9.99. The van der Waals surface area contributed by atoms with Crippen molar-refractivity contribution in [2.45, 2.75) is 20.0 Å². The average molecular weight is 287 g/mol. The van der Waals surface area contributed by atoms with Crippen molar-refractivity contribution in [1.29, 1.82) is 0 Å². The molecule has 0 fully saturated rings. The lowest BCUT2D eigenvalue weighted by Gasteiger charge is -2.12. The molecule has 0 aliphatic carbocycles. The SMILES string of the molecule is CCc1cccc(C(=O)N=[N+]=[N-])c1COc1ccn(O)n1. The lowest BCUT2D eigenvalue weighted by molar-refractivity contribution is 0.0997. The van der Waals surface area contributed by atoms with Crippen molar-refractivity contribution >= 4 is 5.91 Å². The number of azide groups is 1. The summed E-state index contributed by atoms with van der Waals surface area (Å²) in [6, 6.07) is 6.67. The van der Waals surface area contributed by atoms with Gasteiger partial charge in [0.2, 0.25) is 11.8 Å². The molecule has 1 aromatic heterocycles. The molecule has 2 rings (SSSR count). The van der Waals surface area contributed by atoms with Gasteiger partial charge in [0.05, 0.1) is 6.20 Å². The highest BCUT2D eigenvalue weighted by atomic mass is 16.5. The van der Waals surface area contributed by atoms with E-state index in [1.807, 2.05) is 13.0 Å². The molecule has 21 heavy (non-hydrogen) atoms. The molecule has 0 unspecified atom stereocenters. The van der Waals surface area contributed by atoms with Gasteiger partial charge in [0.15, 0.2) is 0 Å². The van der Waals surface area contributed by atoms with Crippen molar-refractivity contribution in [3.05, 3.63) is 57.6 Å². The molecule has 0 saturated heterocycles. The third kappa shape index (κ3) is 3.31. The predicted molar refractivity (Wildman–Crippen MR) is 73.0 cm³/mol. The molecule has 0 radical (unpaired) electrons. The van der Waals surface area contributed by atoms with Gasteiger partial charge >= 0.3 is 0 Å². The highest BCUT2D eigenvalue weighted by molar-refractivity contribution is 5.96. The number of carbonyl (C=O) groups excluding carboxylic acids is 1. The van der Waals surface area contributed by atoms with Gasteiger partial charge in [-0.15, -0.1) is 4.85 Å². The fourth-order valence-electron chi connectivity index (χ4n) is 1.95. The second-order valence-electron chi connectivity index (χ2n) is 4.15. The van der Waals surface area contributed by atoms with Crippen molar-refractivity contribution in [2.75, 3.05) is 0 Å². The van der Waals surface area contributed by atoms with Crippen molar-refractivity contribution in [3.8, 4) is 5.88 Å². The van der Waals surface area contributed by atoms with Gasteiger partial charge in [0, 0.05) is 22.1 Å². The largest absolute Gasteiger partial charge is 0.472 e. The number of aromatic nitrogens is 2. The molecule has 0 saturated carbocycles. The molecule has 2 aromatic rings. The van der Waals surface area contributed by atoms with Gasteiger partial charge in [-0.3, -0.25) is 4.79 Å². The Morgan fingerprint density at radius 2 is 2.33 bits per heavy atom. The van der Waals surface area contributed by atoms with Crippen LogP contribution in [0, 0.1) is 0 Å². The van der Waals surface area contributed by atoms with Crippen LogP contribution in [-0.2, 0) is 13.0 Å². The van der Waals surface area contributed by atoms with Crippen molar-refractivity contribution in [2.24, 2.45) is 5.11 Å². The van der Waals surface area contributed by atoms with Crippen LogP contribution in [0.5, 0.6) is 5.88 Å². The second kappa shape index (κ2) is 6.44. The first-order valence-electron chi connectivity index (χ1n) is 6.23. The molecule has 8 nitrogen and oxygen atoms in total. The molecule has 0 atom stereocenters.